The number of nitrogens with zero attached hydrogens (tertiary/aromatic N) is 1. The van der Waals surface area contributed by atoms with E-state index < -0.39 is 0 Å². The molecule has 0 fully saturated rings. The third-order valence-corrected chi connectivity index (χ3v) is 6.10. The molecule has 1 nitrogen and oxygen atoms in total. The summed E-state index contributed by atoms with van der Waals surface area (Å²) in [7, 11) is 0. The lowest BCUT2D eigenvalue weighted by Crippen LogP contribution is -2.47. The molecule has 2 atom stereocenters. The van der Waals surface area contributed by atoms with Crippen LogP contribution in [0.5, 0.6) is 0 Å². The van der Waals surface area contributed by atoms with Crippen molar-refractivity contribution in [3.05, 3.63) is 89.3 Å². The van der Waals surface area contributed by atoms with Crippen molar-refractivity contribution in [1.82, 2.24) is 4.98 Å². The van der Waals surface area contributed by atoms with Crippen LogP contribution in [0, 0.1) is 10.8 Å². The Morgan fingerprint density at radius 3 is 2.18 bits per heavy atom. The topological polar surface area (TPSA) is 12.9 Å². The van der Waals surface area contributed by atoms with Crippen molar-refractivity contribution in [2.75, 3.05) is 0 Å². The van der Waals surface area contributed by atoms with Crippen molar-refractivity contribution in [1.29, 1.82) is 0 Å². The molecule has 0 amide bonds. The molecular formula is C21H17N. The van der Waals surface area contributed by atoms with Gasteiger partial charge in [-0.15, -0.1) is 0 Å². The van der Waals surface area contributed by atoms with Crippen LogP contribution in [0.15, 0.2) is 78.1 Å². The predicted molar refractivity (Wildman–Crippen MR) is 90.9 cm³/mol. The van der Waals surface area contributed by atoms with E-state index in [1.54, 1.807) is 0 Å². The van der Waals surface area contributed by atoms with Crippen molar-refractivity contribution >= 4 is 11.1 Å². The summed E-state index contributed by atoms with van der Waals surface area (Å²) >= 11 is 0. The summed E-state index contributed by atoms with van der Waals surface area (Å²) < 4.78 is 0. The smallest absolute Gasteiger partial charge is 0.0746 e. The Kier molecular flexibility index (Phi) is 2.03. The van der Waals surface area contributed by atoms with E-state index in [4.69, 9.17) is 4.98 Å². The molecule has 0 bridgehead atoms. The molecule has 4 aliphatic carbocycles. The molecule has 1 heteroatoms. The summed E-state index contributed by atoms with van der Waals surface area (Å²) in [4.78, 5) is 4.74. The van der Waals surface area contributed by atoms with Gasteiger partial charge in [-0.05, 0) is 28.4 Å². The molecule has 1 aromatic rings. The van der Waals surface area contributed by atoms with Gasteiger partial charge in [-0.25, -0.2) is 0 Å². The summed E-state index contributed by atoms with van der Waals surface area (Å²) in [5.74, 6) is 0. The van der Waals surface area contributed by atoms with Crippen LogP contribution in [-0.4, -0.2) is 4.98 Å². The van der Waals surface area contributed by atoms with Gasteiger partial charge in [0, 0.05) is 22.6 Å². The number of fused-ring (bicyclic) bond motifs is 3. The molecular weight excluding hydrogens is 266 g/mol. The first-order valence-corrected chi connectivity index (χ1v) is 7.84. The number of rotatable bonds is 0. The highest BCUT2D eigenvalue weighted by atomic mass is 14.7. The molecule has 0 spiro atoms. The molecule has 4 aliphatic rings. The van der Waals surface area contributed by atoms with Crippen LogP contribution in [0.25, 0.3) is 11.1 Å². The highest BCUT2D eigenvalue weighted by molar-refractivity contribution is 5.96. The standard InChI is InChI=1S/C21H17N/c1-20-14-6-3-9-17(20)16-8-5-13-22-19(16)18-10-4-7-15(12-11-14)21(18,20)2/h3-13H,1-2H3/t20-,21-/m1/s1. The second-order valence-corrected chi connectivity index (χ2v) is 6.77. The first-order chi connectivity index (χ1) is 10.7. The second-order valence-electron chi connectivity index (χ2n) is 6.77. The predicted octanol–water partition coefficient (Wildman–Crippen LogP) is 4.88. The minimum Gasteiger partial charge on any atom is -0.256 e. The van der Waals surface area contributed by atoms with E-state index in [-0.39, 0.29) is 10.8 Å². The van der Waals surface area contributed by atoms with Crippen LogP contribution in [0.4, 0.5) is 0 Å². The van der Waals surface area contributed by atoms with E-state index >= 15 is 0 Å². The van der Waals surface area contributed by atoms with Crippen LogP contribution in [0.1, 0.15) is 25.1 Å². The SMILES string of the molecule is C[C@@]12C3=CC=C4C=CC=C(c5ncccc5C1=CC=C3)[C@@]42C. The van der Waals surface area contributed by atoms with Gasteiger partial charge in [0.25, 0.3) is 0 Å². The maximum atomic E-state index is 4.74. The van der Waals surface area contributed by atoms with Crippen LogP contribution >= 0.6 is 0 Å². The van der Waals surface area contributed by atoms with Gasteiger partial charge in [0.1, 0.15) is 0 Å². The monoisotopic (exact) mass is 283 g/mol. The highest BCUT2D eigenvalue weighted by Gasteiger charge is 2.58. The number of aromatic nitrogens is 1. The van der Waals surface area contributed by atoms with Crippen molar-refractivity contribution in [2.24, 2.45) is 10.8 Å². The van der Waals surface area contributed by atoms with Crippen molar-refractivity contribution in [3.8, 4) is 0 Å². The Morgan fingerprint density at radius 1 is 0.818 bits per heavy atom. The number of hydrogen-bond donors (Lipinski definition) is 0. The first kappa shape index (κ1) is 12.2. The van der Waals surface area contributed by atoms with Gasteiger partial charge < -0.3 is 0 Å². The van der Waals surface area contributed by atoms with Gasteiger partial charge in [-0.1, -0.05) is 68.5 Å². The fourth-order valence-electron chi connectivity index (χ4n) is 4.73. The minimum absolute atomic E-state index is 0.0293. The first-order valence-electron chi connectivity index (χ1n) is 7.84. The summed E-state index contributed by atoms with van der Waals surface area (Å²) in [6.45, 7) is 4.77. The van der Waals surface area contributed by atoms with E-state index in [0.717, 1.165) is 5.69 Å². The minimum atomic E-state index is -0.0518. The molecule has 1 heterocycles. The Morgan fingerprint density at radius 2 is 1.45 bits per heavy atom. The average Bonchev–Trinajstić information content (AvgIpc) is 2.54. The van der Waals surface area contributed by atoms with E-state index in [0.29, 0.717) is 0 Å². The fourth-order valence-corrected chi connectivity index (χ4v) is 4.73. The molecule has 22 heavy (non-hydrogen) atoms. The molecule has 0 aromatic carbocycles. The molecule has 0 aliphatic heterocycles. The van der Waals surface area contributed by atoms with Crippen LogP contribution < -0.4 is 0 Å². The molecule has 0 saturated carbocycles. The van der Waals surface area contributed by atoms with Gasteiger partial charge in [-0.2, -0.15) is 0 Å². The Hall–Kier alpha value is -2.41. The Bertz CT molecular complexity index is 829. The van der Waals surface area contributed by atoms with Crippen LogP contribution in [0.2, 0.25) is 0 Å². The molecule has 1 aromatic heterocycles. The molecule has 0 unspecified atom stereocenters. The highest BCUT2D eigenvalue weighted by Crippen LogP contribution is 2.69. The summed E-state index contributed by atoms with van der Waals surface area (Å²) in [6.07, 6.45) is 19.9. The van der Waals surface area contributed by atoms with Crippen LogP contribution in [-0.2, 0) is 0 Å². The number of allylic oxidation sites excluding steroid dienone is 12. The third-order valence-electron chi connectivity index (χ3n) is 6.10. The van der Waals surface area contributed by atoms with E-state index in [1.165, 1.54) is 27.9 Å². The van der Waals surface area contributed by atoms with E-state index in [2.05, 4.69) is 68.5 Å². The fraction of sp³-hybridized carbons (Fsp3) is 0.190. The van der Waals surface area contributed by atoms with Gasteiger partial charge in [0.15, 0.2) is 0 Å². The summed E-state index contributed by atoms with van der Waals surface area (Å²) in [5.41, 5.74) is 7.85. The third kappa shape index (κ3) is 1.09. The maximum Gasteiger partial charge on any atom is 0.0746 e. The zero-order valence-electron chi connectivity index (χ0n) is 12.8. The summed E-state index contributed by atoms with van der Waals surface area (Å²) in [6, 6.07) is 4.26. The van der Waals surface area contributed by atoms with Crippen molar-refractivity contribution in [3.63, 3.8) is 0 Å². The molecule has 0 saturated heterocycles. The molecule has 106 valence electrons. The lowest BCUT2D eigenvalue weighted by Gasteiger charge is -2.57. The normalized spacial score (nSPS) is 33.2. The lowest BCUT2D eigenvalue weighted by molar-refractivity contribution is 0.302. The molecule has 5 rings (SSSR count). The number of hydrogen-bond acceptors (Lipinski definition) is 1. The van der Waals surface area contributed by atoms with Crippen LogP contribution in [0.3, 0.4) is 0 Å². The maximum absolute atomic E-state index is 4.74. The zero-order valence-corrected chi connectivity index (χ0v) is 12.8. The Balaban J connectivity index is 2.00. The summed E-state index contributed by atoms with van der Waals surface area (Å²) in [5, 5.41) is 0. The lowest BCUT2D eigenvalue weighted by atomic mass is 9.45. The van der Waals surface area contributed by atoms with Gasteiger partial charge >= 0.3 is 0 Å². The van der Waals surface area contributed by atoms with Gasteiger partial charge in [0.2, 0.25) is 0 Å². The van der Waals surface area contributed by atoms with Crippen molar-refractivity contribution in [2.45, 2.75) is 13.8 Å². The zero-order chi connectivity index (χ0) is 14.9. The largest absolute Gasteiger partial charge is 0.256 e. The van der Waals surface area contributed by atoms with Gasteiger partial charge in [0.05, 0.1) is 5.69 Å². The average molecular weight is 283 g/mol. The number of pyridine rings is 1. The second kappa shape index (κ2) is 3.67. The van der Waals surface area contributed by atoms with E-state index in [9.17, 15) is 0 Å². The molecule has 0 radical (unpaired) electrons. The molecule has 0 N–H and O–H groups in total. The van der Waals surface area contributed by atoms with Crippen molar-refractivity contribution < 1.29 is 0 Å². The Labute approximate surface area is 130 Å². The van der Waals surface area contributed by atoms with Gasteiger partial charge in [-0.3, -0.25) is 4.98 Å². The van der Waals surface area contributed by atoms with E-state index in [1.807, 2.05) is 12.3 Å². The quantitative estimate of drug-likeness (QED) is 0.661.